The lowest BCUT2D eigenvalue weighted by molar-refractivity contribution is -0.123. The van der Waals surface area contributed by atoms with Crippen molar-refractivity contribution in [2.45, 2.75) is 38.1 Å². The van der Waals surface area contributed by atoms with Gasteiger partial charge in [-0.05, 0) is 12.8 Å². The number of nitrogens with one attached hydrogen (secondary N) is 1. The fraction of sp³-hybridized carbons (Fsp3) is 0.889. The van der Waals surface area contributed by atoms with E-state index in [1.807, 2.05) is 4.89 Å². The minimum absolute atomic E-state index is 0.00146. The van der Waals surface area contributed by atoms with Gasteiger partial charge in [0.2, 0.25) is 5.91 Å². The highest BCUT2D eigenvalue weighted by Gasteiger charge is 2.27. The van der Waals surface area contributed by atoms with Gasteiger partial charge in [-0.3, -0.25) is 9.63 Å². The van der Waals surface area contributed by atoms with Crippen LogP contribution in [0.4, 0.5) is 0 Å². The Balaban J connectivity index is 2.47. The molecule has 0 bridgehead atoms. The number of hydrogen-bond acceptors (Lipinski definition) is 4. The maximum Gasteiger partial charge on any atom is 0.301 e. The average molecular weight is 265 g/mol. The first-order valence-corrected chi connectivity index (χ1v) is 7.02. The van der Waals surface area contributed by atoms with E-state index in [1.165, 1.54) is 11.4 Å². The van der Waals surface area contributed by atoms with Crippen molar-refractivity contribution in [2.24, 2.45) is 5.73 Å². The predicted molar refractivity (Wildman–Crippen MR) is 61.8 cm³/mol. The number of carbonyl (C=O) groups is 1. The van der Waals surface area contributed by atoms with Crippen molar-refractivity contribution >= 4 is 16.1 Å². The molecule has 0 aromatic rings. The molecule has 1 rings (SSSR count). The number of amides is 1. The molecule has 0 atom stereocenters. The van der Waals surface area contributed by atoms with Crippen molar-refractivity contribution < 1.29 is 18.0 Å². The lowest BCUT2D eigenvalue weighted by atomic mass is 9.96. The topological polar surface area (TPSA) is 102 Å². The standard InChI is InChI=1S/C9H19N3O4S/c1-12(8-5-3-2-4-6-8)17(14,15)11-16-7-9(10)13/h8,11H,2-7H2,1H3,(H2,10,13). The summed E-state index contributed by atoms with van der Waals surface area (Å²) in [5.74, 6) is -0.729. The fourth-order valence-corrected chi connectivity index (χ4v) is 2.80. The zero-order valence-corrected chi connectivity index (χ0v) is 10.7. The molecular weight excluding hydrogens is 246 g/mol. The van der Waals surface area contributed by atoms with E-state index in [0.29, 0.717) is 0 Å². The summed E-state index contributed by atoms with van der Waals surface area (Å²) in [6.07, 6.45) is 4.93. The Bertz CT molecular complexity index is 351. The Morgan fingerprint density at radius 2 is 2.00 bits per heavy atom. The zero-order chi connectivity index (χ0) is 12.9. The van der Waals surface area contributed by atoms with Crippen LogP contribution in [0.3, 0.4) is 0 Å². The predicted octanol–water partition coefficient (Wildman–Crippen LogP) is -0.498. The van der Waals surface area contributed by atoms with E-state index in [9.17, 15) is 13.2 Å². The van der Waals surface area contributed by atoms with E-state index in [1.54, 1.807) is 0 Å². The molecule has 17 heavy (non-hydrogen) atoms. The maximum absolute atomic E-state index is 11.7. The second kappa shape index (κ2) is 6.29. The summed E-state index contributed by atoms with van der Waals surface area (Å²) in [7, 11) is -2.20. The van der Waals surface area contributed by atoms with Crippen molar-refractivity contribution in [1.29, 1.82) is 0 Å². The van der Waals surface area contributed by atoms with Crippen molar-refractivity contribution in [3.05, 3.63) is 0 Å². The third-order valence-electron chi connectivity index (χ3n) is 2.85. The molecule has 1 aliphatic rings. The molecule has 0 aromatic carbocycles. The minimum Gasteiger partial charge on any atom is -0.368 e. The van der Waals surface area contributed by atoms with Gasteiger partial charge in [-0.2, -0.15) is 12.7 Å². The molecule has 0 saturated heterocycles. The Hall–Kier alpha value is -0.700. The lowest BCUT2D eigenvalue weighted by Gasteiger charge is -2.29. The summed E-state index contributed by atoms with van der Waals surface area (Å²) in [5.41, 5.74) is 4.83. The zero-order valence-electron chi connectivity index (χ0n) is 9.89. The SMILES string of the molecule is CN(C1CCCCC1)S(=O)(=O)NOCC(N)=O. The molecule has 8 heteroatoms. The molecule has 7 nitrogen and oxygen atoms in total. The van der Waals surface area contributed by atoms with Gasteiger partial charge >= 0.3 is 10.2 Å². The van der Waals surface area contributed by atoms with Crippen LogP contribution in [0, 0.1) is 0 Å². The Kier molecular flexibility index (Phi) is 5.31. The molecule has 0 spiro atoms. The van der Waals surface area contributed by atoms with Crippen LogP contribution in [0.5, 0.6) is 0 Å². The molecule has 3 N–H and O–H groups in total. The van der Waals surface area contributed by atoms with Gasteiger partial charge in [0.15, 0.2) is 0 Å². The first-order valence-electron chi connectivity index (χ1n) is 5.58. The molecule has 0 unspecified atom stereocenters. The number of primary amides is 1. The van der Waals surface area contributed by atoms with Crippen LogP contribution in [-0.2, 0) is 19.8 Å². The summed E-state index contributed by atoms with van der Waals surface area (Å²) in [6, 6.07) is -0.00146. The van der Waals surface area contributed by atoms with Crippen LogP contribution in [0.15, 0.2) is 0 Å². The smallest absolute Gasteiger partial charge is 0.301 e. The second-order valence-corrected chi connectivity index (χ2v) is 5.84. The van der Waals surface area contributed by atoms with Gasteiger partial charge < -0.3 is 5.73 Å². The molecule has 100 valence electrons. The van der Waals surface area contributed by atoms with Gasteiger partial charge in [0.05, 0.1) is 0 Å². The molecule has 0 heterocycles. The van der Waals surface area contributed by atoms with Crippen molar-refractivity contribution in [1.82, 2.24) is 9.19 Å². The highest BCUT2D eigenvalue weighted by atomic mass is 32.2. The van der Waals surface area contributed by atoms with E-state index >= 15 is 0 Å². The van der Waals surface area contributed by atoms with Crippen LogP contribution in [0.2, 0.25) is 0 Å². The molecule has 1 aliphatic carbocycles. The number of nitrogens with two attached hydrogens (primary N) is 1. The van der Waals surface area contributed by atoms with Crippen molar-refractivity contribution in [3.63, 3.8) is 0 Å². The van der Waals surface area contributed by atoms with Crippen LogP contribution >= 0.6 is 0 Å². The molecule has 0 radical (unpaired) electrons. The summed E-state index contributed by atoms with van der Waals surface area (Å²) in [5, 5.41) is 0. The van der Waals surface area contributed by atoms with Gasteiger partial charge in [-0.15, -0.1) is 0 Å². The monoisotopic (exact) mass is 265 g/mol. The van der Waals surface area contributed by atoms with E-state index < -0.39 is 22.7 Å². The van der Waals surface area contributed by atoms with Crippen LogP contribution < -0.4 is 10.6 Å². The summed E-state index contributed by atoms with van der Waals surface area (Å²) in [4.78, 5) is 16.8. The second-order valence-electron chi connectivity index (χ2n) is 4.15. The number of carbonyl (C=O) groups excluding carboxylic acids is 1. The molecular formula is C9H19N3O4S. The molecule has 1 saturated carbocycles. The summed E-state index contributed by atoms with van der Waals surface area (Å²) >= 11 is 0. The quantitative estimate of drug-likeness (QED) is 0.632. The number of nitrogens with zero attached hydrogens (tertiary/aromatic N) is 1. The lowest BCUT2D eigenvalue weighted by Crippen LogP contribution is -2.45. The van der Waals surface area contributed by atoms with Crippen molar-refractivity contribution in [3.8, 4) is 0 Å². The summed E-state index contributed by atoms with van der Waals surface area (Å²) < 4.78 is 24.8. The molecule has 0 aromatic heterocycles. The van der Waals surface area contributed by atoms with E-state index in [0.717, 1.165) is 32.1 Å². The van der Waals surface area contributed by atoms with Gasteiger partial charge in [-0.25, -0.2) is 0 Å². The minimum atomic E-state index is -3.70. The number of rotatable bonds is 6. The Morgan fingerprint density at radius 1 is 1.41 bits per heavy atom. The van der Waals surface area contributed by atoms with Gasteiger partial charge in [0.25, 0.3) is 0 Å². The highest BCUT2D eigenvalue weighted by molar-refractivity contribution is 7.87. The van der Waals surface area contributed by atoms with Gasteiger partial charge in [0.1, 0.15) is 6.61 Å². The van der Waals surface area contributed by atoms with Crippen LogP contribution in [0.1, 0.15) is 32.1 Å². The number of hydrogen-bond donors (Lipinski definition) is 2. The van der Waals surface area contributed by atoms with E-state index in [4.69, 9.17) is 5.73 Å². The Morgan fingerprint density at radius 3 is 2.53 bits per heavy atom. The summed E-state index contributed by atoms with van der Waals surface area (Å²) in [6.45, 7) is -0.474. The first-order chi connectivity index (χ1) is 7.93. The van der Waals surface area contributed by atoms with Gasteiger partial charge in [-0.1, -0.05) is 24.1 Å². The fourth-order valence-electron chi connectivity index (χ4n) is 1.87. The highest BCUT2D eigenvalue weighted by Crippen LogP contribution is 2.22. The molecule has 0 aliphatic heterocycles. The molecule has 1 amide bonds. The largest absolute Gasteiger partial charge is 0.368 e. The van der Waals surface area contributed by atoms with Crippen LogP contribution in [-0.4, -0.2) is 38.3 Å². The van der Waals surface area contributed by atoms with E-state index in [-0.39, 0.29) is 6.04 Å². The molecule has 1 fully saturated rings. The van der Waals surface area contributed by atoms with Crippen LogP contribution in [0.25, 0.3) is 0 Å². The third kappa shape index (κ3) is 4.58. The third-order valence-corrected chi connectivity index (χ3v) is 4.23. The van der Waals surface area contributed by atoms with Gasteiger partial charge in [0, 0.05) is 13.1 Å². The average Bonchev–Trinajstić information content (AvgIpc) is 2.28. The Labute approximate surface area is 101 Å². The maximum atomic E-state index is 11.7. The normalized spacial score (nSPS) is 18.5. The first kappa shape index (κ1) is 14.4. The van der Waals surface area contributed by atoms with E-state index in [2.05, 4.69) is 4.84 Å². The van der Waals surface area contributed by atoms with Crippen molar-refractivity contribution in [2.75, 3.05) is 13.7 Å².